The first-order valence-corrected chi connectivity index (χ1v) is 7.02. The van der Waals surface area contributed by atoms with Crippen LogP contribution in [-0.2, 0) is 11.2 Å². The molecule has 0 saturated carbocycles. The molecule has 1 N–H and O–H groups in total. The number of esters is 1. The van der Waals surface area contributed by atoms with Crippen LogP contribution in [0.15, 0.2) is 55.1 Å². The van der Waals surface area contributed by atoms with Gasteiger partial charge >= 0.3 is 5.97 Å². The fourth-order valence-electron chi connectivity index (χ4n) is 1.98. The number of phenols is 1. The van der Waals surface area contributed by atoms with E-state index in [1.165, 1.54) is 0 Å². The molecule has 4 nitrogen and oxygen atoms in total. The molecule has 0 radical (unpaired) electrons. The maximum Gasteiger partial charge on any atom is 0.338 e. The van der Waals surface area contributed by atoms with Crippen molar-refractivity contribution in [1.29, 1.82) is 0 Å². The molecule has 2 rings (SSSR count). The van der Waals surface area contributed by atoms with E-state index >= 15 is 0 Å². The van der Waals surface area contributed by atoms with Crippen LogP contribution in [0, 0.1) is 0 Å². The predicted molar refractivity (Wildman–Crippen MR) is 84.5 cm³/mol. The van der Waals surface area contributed by atoms with Crippen LogP contribution in [0.3, 0.4) is 0 Å². The molecule has 0 aliphatic heterocycles. The predicted octanol–water partition coefficient (Wildman–Crippen LogP) is 4.09. The van der Waals surface area contributed by atoms with Crippen LogP contribution in [0.25, 0.3) is 0 Å². The third-order valence-electron chi connectivity index (χ3n) is 3.00. The Balaban J connectivity index is 2.20. The minimum absolute atomic E-state index is 0.201. The summed E-state index contributed by atoms with van der Waals surface area (Å²) >= 11 is 0. The third-order valence-corrected chi connectivity index (χ3v) is 3.00. The highest BCUT2D eigenvalue weighted by Crippen LogP contribution is 2.28. The van der Waals surface area contributed by atoms with Gasteiger partial charge in [0.15, 0.2) is 0 Å². The van der Waals surface area contributed by atoms with Crippen LogP contribution in [0.4, 0.5) is 0 Å². The Kier molecular flexibility index (Phi) is 5.20. The molecule has 0 aromatic heterocycles. The molecule has 0 unspecified atom stereocenters. The Morgan fingerprint density at radius 2 is 2.00 bits per heavy atom. The molecular weight excluding hydrogens is 280 g/mol. The largest absolute Gasteiger partial charge is 0.508 e. The molecule has 0 saturated heterocycles. The molecule has 0 amide bonds. The fraction of sp³-hybridized carbons (Fsp3) is 0.167. The first-order chi connectivity index (χ1) is 10.6. The molecule has 0 bridgehead atoms. The molecular formula is C18H18O4. The Morgan fingerprint density at radius 1 is 1.23 bits per heavy atom. The standard InChI is InChI=1S/C18H18O4/c1-3-6-13-11-16(9-10-17(13)19)22-15-8-5-7-14(12-15)18(20)21-4-2/h3,5,7-12,19H,1,4,6H2,2H3. The molecule has 0 aliphatic rings. The summed E-state index contributed by atoms with van der Waals surface area (Å²) < 4.78 is 10.7. The zero-order valence-corrected chi connectivity index (χ0v) is 12.4. The van der Waals surface area contributed by atoms with Crippen molar-refractivity contribution in [2.24, 2.45) is 0 Å². The first kappa shape index (κ1) is 15.6. The lowest BCUT2D eigenvalue weighted by molar-refractivity contribution is 0.0526. The number of benzene rings is 2. The fourth-order valence-corrected chi connectivity index (χ4v) is 1.98. The summed E-state index contributed by atoms with van der Waals surface area (Å²) in [6.07, 6.45) is 2.26. The van der Waals surface area contributed by atoms with Gasteiger partial charge in [-0.15, -0.1) is 6.58 Å². The Morgan fingerprint density at radius 3 is 2.73 bits per heavy atom. The maximum absolute atomic E-state index is 11.7. The van der Waals surface area contributed by atoms with Gasteiger partial charge in [-0.3, -0.25) is 0 Å². The van der Waals surface area contributed by atoms with Gasteiger partial charge in [0.2, 0.25) is 0 Å². The number of hydrogen-bond donors (Lipinski definition) is 1. The van der Waals surface area contributed by atoms with Gasteiger partial charge in [-0.2, -0.15) is 0 Å². The highest BCUT2D eigenvalue weighted by molar-refractivity contribution is 5.89. The summed E-state index contributed by atoms with van der Waals surface area (Å²) in [6, 6.07) is 11.8. The lowest BCUT2D eigenvalue weighted by Gasteiger charge is -2.09. The van der Waals surface area contributed by atoms with E-state index < -0.39 is 0 Å². The minimum Gasteiger partial charge on any atom is -0.508 e. The van der Waals surface area contributed by atoms with Crippen molar-refractivity contribution >= 4 is 5.97 Å². The highest BCUT2D eigenvalue weighted by atomic mass is 16.5. The summed E-state index contributed by atoms with van der Waals surface area (Å²) in [5.41, 5.74) is 1.17. The molecule has 22 heavy (non-hydrogen) atoms. The summed E-state index contributed by atoms with van der Waals surface area (Å²) in [6.45, 7) is 5.74. The zero-order chi connectivity index (χ0) is 15.9. The third kappa shape index (κ3) is 3.88. The van der Waals surface area contributed by atoms with Crippen LogP contribution >= 0.6 is 0 Å². The smallest absolute Gasteiger partial charge is 0.338 e. The number of hydrogen-bond acceptors (Lipinski definition) is 4. The van der Waals surface area contributed by atoms with Gasteiger partial charge in [-0.25, -0.2) is 4.79 Å². The second-order valence-electron chi connectivity index (χ2n) is 4.63. The summed E-state index contributed by atoms with van der Waals surface area (Å²) in [5.74, 6) is 0.926. The summed E-state index contributed by atoms with van der Waals surface area (Å²) in [4.78, 5) is 11.7. The van der Waals surface area contributed by atoms with E-state index in [2.05, 4.69) is 6.58 Å². The molecule has 4 heteroatoms. The zero-order valence-electron chi connectivity index (χ0n) is 12.4. The van der Waals surface area contributed by atoms with Crippen molar-refractivity contribution in [2.75, 3.05) is 6.61 Å². The topological polar surface area (TPSA) is 55.8 Å². The van der Waals surface area contributed by atoms with E-state index in [0.717, 1.165) is 5.56 Å². The quantitative estimate of drug-likeness (QED) is 0.644. The van der Waals surface area contributed by atoms with Crippen molar-refractivity contribution in [3.8, 4) is 17.2 Å². The SMILES string of the molecule is C=CCc1cc(Oc2cccc(C(=O)OCC)c2)ccc1O. The number of carbonyl (C=O) groups is 1. The van der Waals surface area contributed by atoms with Crippen molar-refractivity contribution in [3.05, 3.63) is 66.2 Å². The van der Waals surface area contributed by atoms with E-state index in [0.29, 0.717) is 30.1 Å². The van der Waals surface area contributed by atoms with Crippen molar-refractivity contribution < 1.29 is 19.4 Å². The van der Waals surface area contributed by atoms with Crippen LogP contribution in [0.2, 0.25) is 0 Å². The molecule has 2 aromatic carbocycles. The maximum atomic E-state index is 11.7. The lowest BCUT2D eigenvalue weighted by atomic mass is 10.1. The number of allylic oxidation sites excluding steroid dienone is 1. The molecule has 2 aromatic rings. The van der Waals surface area contributed by atoms with E-state index in [1.807, 2.05) is 0 Å². The summed E-state index contributed by atoms with van der Waals surface area (Å²) in [5, 5.41) is 9.74. The second-order valence-corrected chi connectivity index (χ2v) is 4.63. The van der Waals surface area contributed by atoms with Gasteiger partial charge in [0, 0.05) is 5.56 Å². The number of carbonyl (C=O) groups excluding carboxylic acids is 1. The molecule has 0 aliphatic carbocycles. The molecule has 114 valence electrons. The molecule has 0 spiro atoms. The van der Waals surface area contributed by atoms with Crippen LogP contribution in [0.1, 0.15) is 22.8 Å². The van der Waals surface area contributed by atoms with Crippen LogP contribution < -0.4 is 4.74 Å². The van der Waals surface area contributed by atoms with Gasteiger partial charge in [-0.05, 0) is 49.7 Å². The van der Waals surface area contributed by atoms with E-state index in [-0.39, 0.29) is 11.7 Å². The average molecular weight is 298 g/mol. The second kappa shape index (κ2) is 7.31. The first-order valence-electron chi connectivity index (χ1n) is 7.02. The Labute approximate surface area is 129 Å². The van der Waals surface area contributed by atoms with Crippen LogP contribution in [0.5, 0.6) is 17.2 Å². The highest BCUT2D eigenvalue weighted by Gasteiger charge is 2.08. The van der Waals surface area contributed by atoms with Gasteiger partial charge in [0.25, 0.3) is 0 Å². The minimum atomic E-state index is -0.383. The summed E-state index contributed by atoms with van der Waals surface area (Å²) in [7, 11) is 0. The lowest BCUT2D eigenvalue weighted by Crippen LogP contribution is -2.04. The van der Waals surface area contributed by atoms with Crippen molar-refractivity contribution in [2.45, 2.75) is 13.3 Å². The monoisotopic (exact) mass is 298 g/mol. The number of ether oxygens (including phenoxy) is 2. The Bertz CT molecular complexity index is 677. The number of phenolic OH excluding ortho intramolecular Hbond substituents is 1. The van der Waals surface area contributed by atoms with Gasteiger partial charge in [-0.1, -0.05) is 12.1 Å². The van der Waals surface area contributed by atoms with Crippen molar-refractivity contribution in [3.63, 3.8) is 0 Å². The number of rotatable bonds is 6. The Hall–Kier alpha value is -2.75. The van der Waals surface area contributed by atoms with Gasteiger partial charge < -0.3 is 14.6 Å². The van der Waals surface area contributed by atoms with Crippen molar-refractivity contribution in [1.82, 2.24) is 0 Å². The van der Waals surface area contributed by atoms with Gasteiger partial charge in [0.05, 0.1) is 12.2 Å². The van der Waals surface area contributed by atoms with Gasteiger partial charge in [0.1, 0.15) is 17.2 Å². The normalized spacial score (nSPS) is 10.0. The van der Waals surface area contributed by atoms with E-state index in [9.17, 15) is 9.90 Å². The molecule has 0 fully saturated rings. The van der Waals surface area contributed by atoms with E-state index in [1.54, 1.807) is 55.5 Å². The van der Waals surface area contributed by atoms with Crippen LogP contribution in [-0.4, -0.2) is 17.7 Å². The average Bonchev–Trinajstić information content (AvgIpc) is 2.51. The number of aromatic hydroxyl groups is 1. The molecule has 0 heterocycles. The molecule has 0 atom stereocenters. The van der Waals surface area contributed by atoms with E-state index in [4.69, 9.17) is 9.47 Å².